The van der Waals surface area contributed by atoms with E-state index in [-0.39, 0.29) is 0 Å². The molecule has 0 bridgehead atoms. The number of nitrogens with zero attached hydrogens (tertiary/aromatic N) is 1. The summed E-state index contributed by atoms with van der Waals surface area (Å²) in [6.45, 7) is 5.00. The highest BCUT2D eigenvalue weighted by atomic mass is 16.1. The van der Waals surface area contributed by atoms with Gasteiger partial charge in [-0.05, 0) is 0 Å². The number of hydrogen-bond acceptors (Lipinski definition) is 1. The van der Waals surface area contributed by atoms with Crippen molar-refractivity contribution in [1.82, 2.24) is 4.90 Å². The van der Waals surface area contributed by atoms with Crippen LogP contribution < -0.4 is 0 Å². The highest BCUT2D eigenvalue weighted by molar-refractivity contribution is 5.46. The van der Waals surface area contributed by atoms with E-state index in [0.29, 0.717) is 0 Å². The summed E-state index contributed by atoms with van der Waals surface area (Å²) in [5, 5.41) is 0. The summed E-state index contributed by atoms with van der Waals surface area (Å²) >= 11 is 0. The van der Waals surface area contributed by atoms with Gasteiger partial charge in [0.15, 0.2) is 0 Å². The van der Waals surface area contributed by atoms with Gasteiger partial charge in [-0.3, -0.25) is 4.79 Å². The summed E-state index contributed by atoms with van der Waals surface area (Å²) < 4.78 is 0. The van der Waals surface area contributed by atoms with Crippen LogP contribution in [0.15, 0.2) is 0 Å². The highest BCUT2D eigenvalue weighted by Crippen LogP contribution is 1.52. The standard InChI is InChI=1S/C3H6NO.C2H5/c1-4(2)3-5;1-2/h1-2H3;1H2,2H3. The predicted octanol–water partition coefficient (Wildman–Crippen LogP) is 0.456. The van der Waals surface area contributed by atoms with E-state index in [2.05, 4.69) is 6.92 Å². The fraction of sp³-hybridized carbons (Fsp3) is 0.600. The van der Waals surface area contributed by atoms with Crippen LogP contribution in [0.1, 0.15) is 6.92 Å². The lowest BCUT2D eigenvalue weighted by atomic mass is 11.0. The SMILES string of the molecule is CN(C)[C]=O.[CH2]C. The lowest BCUT2D eigenvalue weighted by Gasteiger charge is -1.91. The molecular formula is C5H11NO. The summed E-state index contributed by atoms with van der Waals surface area (Å²) in [5.41, 5.74) is 0. The van der Waals surface area contributed by atoms with Crippen LogP contribution in [0.2, 0.25) is 0 Å². The Kier molecular flexibility index (Phi) is 12.6. The lowest BCUT2D eigenvalue weighted by molar-refractivity contribution is 0.481. The molecule has 0 aliphatic heterocycles. The zero-order chi connectivity index (χ0) is 6.28. The van der Waals surface area contributed by atoms with E-state index in [4.69, 9.17) is 0 Å². The van der Waals surface area contributed by atoms with Gasteiger partial charge in [0.05, 0.1) is 0 Å². The van der Waals surface area contributed by atoms with Gasteiger partial charge in [0.25, 0.3) is 0 Å². The van der Waals surface area contributed by atoms with Gasteiger partial charge >= 0.3 is 6.41 Å². The summed E-state index contributed by atoms with van der Waals surface area (Å²) in [6, 6.07) is 0. The van der Waals surface area contributed by atoms with E-state index in [1.54, 1.807) is 27.4 Å². The number of carbonyl (C=O) groups excluding carboxylic acids is 1. The maximum absolute atomic E-state index is 9.31. The van der Waals surface area contributed by atoms with Crippen molar-refractivity contribution in [2.75, 3.05) is 14.1 Å². The first-order valence-corrected chi connectivity index (χ1v) is 2.03. The molecule has 0 aliphatic carbocycles. The molecule has 0 N–H and O–H groups in total. The molecule has 0 aromatic carbocycles. The number of amides is 1. The highest BCUT2D eigenvalue weighted by Gasteiger charge is 1.71. The van der Waals surface area contributed by atoms with E-state index in [1.165, 1.54) is 4.90 Å². The molecule has 0 unspecified atom stereocenters. The topological polar surface area (TPSA) is 20.3 Å². The Morgan fingerprint density at radius 3 is 1.57 bits per heavy atom. The summed E-state index contributed by atoms with van der Waals surface area (Å²) in [7, 11) is 3.26. The van der Waals surface area contributed by atoms with Crippen molar-refractivity contribution in [3.8, 4) is 0 Å². The fourth-order valence-electron chi connectivity index (χ4n) is 0. The third kappa shape index (κ3) is 30.5. The molecule has 42 valence electrons. The maximum Gasteiger partial charge on any atom is 0.311 e. The Hall–Kier alpha value is -0.530. The molecule has 0 atom stereocenters. The minimum atomic E-state index is 1.32. The average Bonchev–Trinajstić information content (AvgIpc) is 1.73. The predicted molar refractivity (Wildman–Crippen MR) is 30.4 cm³/mol. The second-order valence-electron chi connectivity index (χ2n) is 0.986. The van der Waals surface area contributed by atoms with Gasteiger partial charge < -0.3 is 4.90 Å². The minimum Gasteiger partial charge on any atom is -0.341 e. The van der Waals surface area contributed by atoms with E-state index in [9.17, 15) is 4.79 Å². The van der Waals surface area contributed by atoms with Crippen molar-refractivity contribution in [3.05, 3.63) is 6.92 Å². The molecule has 2 heteroatoms. The van der Waals surface area contributed by atoms with E-state index in [0.717, 1.165) is 0 Å². The minimum absolute atomic E-state index is 1.32. The van der Waals surface area contributed by atoms with Crippen LogP contribution >= 0.6 is 0 Å². The van der Waals surface area contributed by atoms with Gasteiger partial charge in [0, 0.05) is 14.1 Å². The third-order valence-corrected chi connectivity index (χ3v) is 0.183. The largest absolute Gasteiger partial charge is 0.341 e. The summed E-state index contributed by atoms with van der Waals surface area (Å²) in [4.78, 5) is 10.6. The zero-order valence-electron chi connectivity index (χ0n) is 5.06. The molecule has 2 radical (unpaired) electrons. The number of rotatable bonds is 1. The number of hydrogen-bond donors (Lipinski definition) is 0. The van der Waals surface area contributed by atoms with Crippen LogP contribution in [0.5, 0.6) is 0 Å². The molecule has 0 aromatic heterocycles. The first kappa shape index (κ1) is 9.69. The summed E-state index contributed by atoms with van der Waals surface area (Å²) in [5.74, 6) is 0. The normalized spacial score (nSPS) is 5.71. The molecule has 0 aromatic rings. The van der Waals surface area contributed by atoms with E-state index in [1.807, 2.05) is 0 Å². The van der Waals surface area contributed by atoms with Crippen molar-refractivity contribution in [2.45, 2.75) is 6.92 Å². The molecule has 0 aliphatic rings. The Bertz CT molecular complexity index is 35.1. The molecule has 2 nitrogen and oxygen atoms in total. The second-order valence-corrected chi connectivity index (χ2v) is 0.986. The van der Waals surface area contributed by atoms with Gasteiger partial charge in [0.1, 0.15) is 0 Å². The van der Waals surface area contributed by atoms with Crippen molar-refractivity contribution >= 4 is 6.41 Å². The van der Waals surface area contributed by atoms with Crippen LogP contribution in [-0.4, -0.2) is 25.4 Å². The van der Waals surface area contributed by atoms with Crippen molar-refractivity contribution in [3.63, 3.8) is 0 Å². The second kappa shape index (κ2) is 9.08. The van der Waals surface area contributed by atoms with Crippen molar-refractivity contribution < 1.29 is 4.79 Å². The van der Waals surface area contributed by atoms with Gasteiger partial charge in [-0.25, -0.2) is 0 Å². The van der Waals surface area contributed by atoms with E-state index >= 15 is 0 Å². The third-order valence-electron chi connectivity index (χ3n) is 0.183. The quantitative estimate of drug-likeness (QED) is 0.439. The molecule has 0 saturated heterocycles. The Labute approximate surface area is 45.1 Å². The fourth-order valence-corrected chi connectivity index (χ4v) is 0. The van der Waals surface area contributed by atoms with Gasteiger partial charge in [-0.2, -0.15) is 0 Å². The smallest absolute Gasteiger partial charge is 0.311 e. The van der Waals surface area contributed by atoms with Crippen LogP contribution in [-0.2, 0) is 4.79 Å². The molecule has 0 saturated carbocycles. The Balaban J connectivity index is 0. The van der Waals surface area contributed by atoms with Crippen LogP contribution in [0.4, 0.5) is 0 Å². The molecule has 0 fully saturated rings. The first-order valence-electron chi connectivity index (χ1n) is 2.03. The molecule has 0 rings (SSSR count). The van der Waals surface area contributed by atoms with Crippen LogP contribution in [0.3, 0.4) is 0 Å². The van der Waals surface area contributed by atoms with Gasteiger partial charge in [-0.15, -0.1) is 0 Å². The monoisotopic (exact) mass is 101 g/mol. The van der Waals surface area contributed by atoms with Crippen LogP contribution in [0.25, 0.3) is 0 Å². The maximum atomic E-state index is 9.31. The lowest BCUT2D eigenvalue weighted by Crippen LogP contribution is -2.06. The van der Waals surface area contributed by atoms with Gasteiger partial charge in [0.2, 0.25) is 0 Å². The molecule has 0 heterocycles. The van der Waals surface area contributed by atoms with Crippen molar-refractivity contribution in [1.29, 1.82) is 0 Å². The Morgan fingerprint density at radius 1 is 1.43 bits per heavy atom. The summed E-state index contributed by atoms with van der Waals surface area (Å²) in [6.07, 6.45) is 1.61. The Morgan fingerprint density at radius 2 is 1.57 bits per heavy atom. The zero-order valence-corrected chi connectivity index (χ0v) is 5.06. The average molecular weight is 101 g/mol. The van der Waals surface area contributed by atoms with Crippen molar-refractivity contribution in [2.24, 2.45) is 0 Å². The first-order chi connectivity index (χ1) is 3.27. The van der Waals surface area contributed by atoms with Gasteiger partial charge in [-0.1, -0.05) is 13.8 Å². The molecular weight excluding hydrogens is 90.1 g/mol. The molecule has 7 heavy (non-hydrogen) atoms. The molecule has 1 amide bonds. The van der Waals surface area contributed by atoms with Crippen LogP contribution in [0, 0.1) is 6.92 Å². The van der Waals surface area contributed by atoms with E-state index < -0.39 is 0 Å². The molecule has 0 spiro atoms.